The van der Waals surface area contributed by atoms with E-state index in [9.17, 15) is 5.11 Å². The Morgan fingerprint density at radius 2 is 1.77 bits per heavy atom. The zero-order valence-electron chi connectivity index (χ0n) is 15.6. The molecule has 0 aromatic heterocycles. The van der Waals surface area contributed by atoms with Gasteiger partial charge >= 0.3 is 0 Å². The van der Waals surface area contributed by atoms with Gasteiger partial charge in [0, 0.05) is 33.4 Å². The molecule has 2 rings (SSSR count). The monoisotopic (exact) mass is 359 g/mol. The Morgan fingerprint density at radius 3 is 2.50 bits per heavy atom. The smallest absolute Gasteiger partial charge is 0.119 e. The summed E-state index contributed by atoms with van der Waals surface area (Å²) in [6, 6.07) is 17.6. The van der Waals surface area contributed by atoms with E-state index in [2.05, 4.69) is 11.0 Å². The van der Waals surface area contributed by atoms with Crippen molar-refractivity contribution in [2.45, 2.75) is 19.1 Å². The second-order valence-electron chi connectivity index (χ2n) is 6.21. The van der Waals surface area contributed by atoms with Gasteiger partial charge in [-0.3, -0.25) is 4.90 Å². The fourth-order valence-electron chi connectivity index (χ4n) is 2.76. The van der Waals surface area contributed by atoms with Gasteiger partial charge in [-0.05, 0) is 36.2 Å². The third-order valence-electron chi connectivity index (χ3n) is 4.02. The molecule has 0 saturated carbocycles. The second-order valence-corrected chi connectivity index (χ2v) is 6.21. The molecule has 2 aromatic rings. The zero-order chi connectivity index (χ0) is 18.6. The molecule has 0 spiro atoms. The van der Waals surface area contributed by atoms with Crippen LogP contribution in [0.25, 0.3) is 0 Å². The number of para-hydroxylation sites is 1. The molecule has 0 heterocycles. The van der Waals surface area contributed by atoms with E-state index < -0.39 is 6.10 Å². The van der Waals surface area contributed by atoms with E-state index >= 15 is 0 Å². The fraction of sp³-hybridized carbons (Fsp3) is 0.429. The summed E-state index contributed by atoms with van der Waals surface area (Å²) >= 11 is 0. The van der Waals surface area contributed by atoms with Crippen LogP contribution in [0.3, 0.4) is 0 Å². The maximum Gasteiger partial charge on any atom is 0.119 e. The van der Waals surface area contributed by atoms with Crippen LogP contribution < -0.4 is 9.47 Å². The summed E-state index contributed by atoms with van der Waals surface area (Å²) < 4.78 is 16.1. The average Bonchev–Trinajstić information content (AvgIpc) is 2.67. The van der Waals surface area contributed by atoms with E-state index in [4.69, 9.17) is 14.2 Å². The summed E-state index contributed by atoms with van der Waals surface area (Å²) in [5, 5.41) is 10.4. The van der Waals surface area contributed by atoms with Crippen LogP contribution in [0.1, 0.15) is 12.0 Å². The predicted molar refractivity (Wildman–Crippen MR) is 103 cm³/mol. The molecule has 0 aliphatic rings. The van der Waals surface area contributed by atoms with Gasteiger partial charge in [0.25, 0.3) is 0 Å². The first-order valence-electron chi connectivity index (χ1n) is 8.91. The van der Waals surface area contributed by atoms with Crippen LogP contribution in [0.4, 0.5) is 0 Å². The Balaban J connectivity index is 1.89. The Labute approximate surface area is 156 Å². The van der Waals surface area contributed by atoms with E-state index in [0.29, 0.717) is 13.2 Å². The largest absolute Gasteiger partial charge is 0.497 e. The van der Waals surface area contributed by atoms with Gasteiger partial charge in [-0.15, -0.1) is 0 Å². The summed E-state index contributed by atoms with van der Waals surface area (Å²) in [6.45, 7) is 3.08. The lowest BCUT2D eigenvalue weighted by Crippen LogP contribution is -2.36. The van der Waals surface area contributed by atoms with Crippen LogP contribution in [0.15, 0.2) is 54.6 Å². The van der Waals surface area contributed by atoms with E-state index in [-0.39, 0.29) is 6.61 Å². The Kier molecular flexibility index (Phi) is 8.96. The van der Waals surface area contributed by atoms with Crippen molar-refractivity contribution in [2.24, 2.45) is 0 Å². The number of benzene rings is 2. The molecule has 0 radical (unpaired) electrons. The highest BCUT2D eigenvalue weighted by atomic mass is 16.5. The SMILES string of the molecule is COCCCN(Cc1cccc(OC)c1)C[C@@H](O)COc1ccccc1. The first kappa shape index (κ1) is 20.2. The molecule has 0 amide bonds. The lowest BCUT2D eigenvalue weighted by Gasteiger charge is -2.25. The standard InChI is InChI=1S/C21H29NO4/c1-24-13-7-12-22(15-18-8-6-11-21(14-18)25-2)16-19(23)17-26-20-9-4-3-5-10-20/h3-6,8-11,14,19,23H,7,12-13,15-17H2,1-2H3/t19-/m1/s1. The Hall–Kier alpha value is -2.08. The van der Waals surface area contributed by atoms with E-state index in [1.165, 1.54) is 0 Å². The highest BCUT2D eigenvalue weighted by Crippen LogP contribution is 2.15. The maximum absolute atomic E-state index is 10.4. The highest BCUT2D eigenvalue weighted by Gasteiger charge is 2.13. The molecule has 0 aliphatic heterocycles. The first-order valence-corrected chi connectivity index (χ1v) is 8.91. The number of hydrogen-bond acceptors (Lipinski definition) is 5. The van der Waals surface area contributed by atoms with Crippen LogP contribution in [0.5, 0.6) is 11.5 Å². The second kappa shape index (κ2) is 11.5. The third kappa shape index (κ3) is 7.44. The molecule has 0 saturated heterocycles. The molecule has 0 fully saturated rings. The van der Waals surface area contributed by atoms with Crippen LogP contribution in [-0.2, 0) is 11.3 Å². The molecule has 1 atom stereocenters. The minimum absolute atomic E-state index is 0.267. The average molecular weight is 359 g/mol. The van der Waals surface area contributed by atoms with Gasteiger partial charge < -0.3 is 19.3 Å². The van der Waals surface area contributed by atoms with Gasteiger partial charge in [0.15, 0.2) is 0 Å². The molecule has 0 unspecified atom stereocenters. The van der Waals surface area contributed by atoms with Gasteiger partial charge in [0.2, 0.25) is 0 Å². The van der Waals surface area contributed by atoms with Gasteiger partial charge in [0.1, 0.15) is 24.2 Å². The number of aliphatic hydroxyl groups excluding tert-OH is 1. The lowest BCUT2D eigenvalue weighted by molar-refractivity contribution is 0.0617. The van der Waals surface area contributed by atoms with Crippen molar-refractivity contribution in [3.05, 3.63) is 60.2 Å². The summed E-state index contributed by atoms with van der Waals surface area (Å²) in [5.41, 5.74) is 1.15. The summed E-state index contributed by atoms with van der Waals surface area (Å²) in [5.74, 6) is 1.61. The van der Waals surface area contributed by atoms with E-state index in [1.807, 2.05) is 48.5 Å². The van der Waals surface area contributed by atoms with Crippen molar-refractivity contribution in [3.63, 3.8) is 0 Å². The fourth-order valence-corrected chi connectivity index (χ4v) is 2.76. The minimum Gasteiger partial charge on any atom is -0.497 e. The van der Waals surface area contributed by atoms with Gasteiger partial charge in [-0.2, -0.15) is 0 Å². The van der Waals surface area contributed by atoms with Crippen LogP contribution in [0, 0.1) is 0 Å². The summed E-state index contributed by atoms with van der Waals surface area (Å²) in [7, 11) is 3.37. The van der Waals surface area contributed by atoms with E-state index in [1.54, 1.807) is 14.2 Å². The molecule has 2 aromatic carbocycles. The van der Waals surface area contributed by atoms with Gasteiger partial charge in [-0.1, -0.05) is 30.3 Å². The molecule has 26 heavy (non-hydrogen) atoms. The molecule has 5 heteroatoms. The predicted octanol–water partition coefficient (Wildman–Crippen LogP) is 2.97. The normalized spacial score (nSPS) is 12.2. The summed E-state index contributed by atoms with van der Waals surface area (Å²) in [4.78, 5) is 2.22. The van der Waals surface area contributed by atoms with Crippen molar-refractivity contribution >= 4 is 0 Å². The molecular formula is C21H29NO4. The molecule has 1 N–H and O–H groups in total. The minimum atomic E-state index is -0.566. The number of ether oxygens (including phenoxy) is 3. The zero-order valence-corrected chi connectivity index (χ0v) is 15.6. The topological polar surface area (TPSA) is 51.2 Å². The molecule has 142 valence electrons. The van der Waals surface area contributed by atoms with Crippen molar-refractivity contribution < 1.29 is 19.3 Å². The van der Waals surface area contributed by atoms with Crippen LogP contribution in [0.2, 0.25) is 0 Å². The van der Waals surface area contributed by atoms with E-state index in [0.717, 1.165) is 36.6 Å². The van der Waals surface area contributed by atoms with Crippen LogP contribution in [-0.4, -0.2) is 56.6 Å². The molecular weight excluding hydrogens is 330 g/mol. The molecule has 0 aliphatic carbocycles. The summed E-state index contributed by atoms with van der Waals surface area (Å²) in [6.07, 6.45) is 0.343. The van der Waals surface area contributed by atoms with Crippen molar-refractivity contribution in [1.82, 2.24) is 4.90 Å². The van der Waals surface area contributed by atoms with Crippen molar-refractivity contribution in [3.8, 4) is 11.5 Å². The Morgan fingerprint density at radius 1 is 1.00 bits per heavy atom. The lowest BCUT2D eigenvalue weighted by atomic mass is 10.2. The highest BCUT2D eigenvalue weighted by molar-refractivity contribution is 5.28. The number of aliphatic hydroxyl groups is 1. The molecule has 5 nitrogen and oxygen atoms in total. The number of hydrogen-bond donors (Lipinski definition) is 1. The van der Waals surface area contributed by atoms with Crippen molar-refractivity contribution in [1.29, 1.82) is 0 Å². The number of methoxy groups -OCH3 is 2. The third-order valence-corrected chi connectivity index (χ3v) is 4.02. The quantitative estimate of drug-likeness (QED) is 0.591. The Bertz CT molecular complexity index is 620. The number of rotatable bonds is 12. The van der Waals surface area contributed by atoms with Gasteiger partial charge in [0.05, 0.1) is 7.11 Å². The maximum atomic E-state index is 10.4. The number of nitrogens with zero attached hydrogens (tertiary/aromatic N) is 1. The first-order chi connectivity index (χ1) is 12.7. The van der Waals surface area contributed by atoms with Crippen LogP contribution >= 0.6 is 0 Å². The molecule has 0 bridgehead atoms. The van der Waals surface area contributed by atoms with Crippen molar-refractivity contribution in [2.75, 3.05) is 40.5 Å². The van der Waals surface area contributed by atoms with Gasteiger partial charge in [-0.25, -0.2) is 0 Å².